The SMILES string of the molecule is Cn1c(C(=O)O)c(NC(=O)Cc2csc(Br)c2)c2ccccc21. The average Bonchev–Trinajstić information content (AvgIpc) is 3.02. The molecule has 0 bridgehead atoms. The second kappa shape index (κ2) is 6.17. The van der Waals surface area contributed by atoms with Crippen LogP contribution in [-0.4, -0.2) is 21.6 Å². The Morgan fingerprint density at radius 1 is 1.35 bits per heavy atom. The molecule has 1 amide bonds. The third-order valence-electron chi connectivity index (χ3n) is 3.56. The van der Waals surface area contributed by atoms with Gasteiger partial charge in [-0.05, 0) is 39.0 Å². The van der Waals surface area contributed by atoms with E-state index in [0.717, 1.165) is 14.9 Å². The third-order valence-corrected chi connectivity index (χ3v) is 5.11. The Morgan fingerprint density at radius 3 is 2.74 bits per heavy atom. The number of carboxylic acid groups (broad SMARTS) is 1. The highest BCUT2D eigenvalue weighted by Crippen LogP contribution is 2.30. The predicted molar refractivity (Wildman–Crippen MR) is 94.2 cm³/mol. The summed E-state index contributed by atoms with van der Waals surface area (Å²) < 4.78 is 2.53. The Hall–Kier alpha value is -2.12. The fraction of sp³-hybridized carbons (Fsp3) is 0.125. The van der Waals surface area contributed by atoms with Crippen LogP contribution < -0.4 is 5.32 Å². The van der Waals surface area contributed by atoms with Gasteiger partial charge in [-0.3, -0.25) is 4.79 Å². The molecule has 0 saturated carbocycles. The summed E-state index contributed by atoms with van der Waals surface area (Å²) in [5.41, 5.74) is 2.07. The molecule has 2 aromatic heterocycles. The van der Waals surface area contributed by atoms with E-state index in [0.29, 0.717) is 11.1 Å². The highest BCUT2D eigenvalue weighted by Gasteiger charge is 2.22. The lowest BCUT2D eigenvalue weighted by atomic mass is 10.2. The number of aromatic carboxylic acids is 1. The van der Waals surface area contributed by atoms with Crippen LogP contribution in [0.25, 0.3) is 10.9 Å². The van der Waals surface area contributed by atoms with Crippen LogP contribution in [0.5, 0.6) is 0 Å². The van der Waals surface area contributed by atoms with E-state index in [1.54, 1.807) is 17.7 Å². The molecule has 0 unspecified atom stereocenters. The number of aromatic nitrogens is 1. The second-order valence-corrected chi connectivity index (χ2v) is 7.38. The number of benzene rings is 1. The van der Waals surface area contributed by atoms with Crippen LogP contribution in [0.3, 0.4) is 0 Å². The Labute approximate surface area is 144 Å². The molecule has 23 heavy (non-hydrogen) atoms. The highest BCUT2D eigenvalue weighted by atomic mass is 79.9. The number of carboxylic acids is 1. The van der Waals surface area contributed by atoms with E-state index >= 15 is 0 Å². The molecular weight excluding hydrogens is 380 g/mol. The number of halogens is 1. The molecule has 2 N–H and O–H groups in total. The van der Waals surface area contributed by atoms with E-state index in [4.69, 9.17) is 0 Å². The average molecular weight is 393 g/mol. The molecule has 0 spiro atoms. The van der Waals surface area contributed by atoms with E-state index in [1.165, 1.54) is 11.3 Å². The van der Waals surface area contributed by atoms with Crippen molar-refractivity contribution in [2.45, 2.75) is 6.42 Å². The zero-order valence-electron chi connectivity index (χ0n) is 12.2. The molecule has 3 rings (SSSR count). The summed E-state index contributed by atoms with van der Waals surface area (Å²) in [6, 6.07) is 9.17. The van der Waals surface area contributed by atoms with Gasteiger partial charge in [0.25, 0.3) is 0 Å². The minimum atomic E-state index is -1.07. The number of hydrogen-bond donors (Lipinski definition) is 2. The van der Waals surface area contributed by atoms with Gasteiger partial charge in [0.2, 0.25) is 5.91 Å². The Bertz CT molecular complexity index is 913. The van der Waals surface area contributed by atoms with Crippen molar-refractivity contribution in [3.8, 4) is 0 Å². The second-order valence-electron chi connectivity index (χ2n) is 5.09. The Balaban J connectivity index is 1.97. The minimum Gasteiger partial charge on any atom is -0.477 e. The first kappa shape index (κ1) is 15.8. The molecule has 0 radical (unpaired) electrons. The number of carbonyl (C=O) groups excluding carboxylic acids is 1. The first-order chi connectivity index (χ1) is 11.0. The Kier molecular flexibility index (Phi) is 4.23. The molecule has 0 fully saturated rings. The monoisotopic (exact) mass is 392 g/mol. The number of fused-ring (bicyclic) bond motifs is 1. The summed E-state index contributed by atoms with van der Waals surface area (Å²) >= 11 is 4.87. The first-order valence-electron chi connectivity index (χ1n) is 6.81. The van der Waals surface area contributed by atoms with Crippen molar-refractivity contribution in [2.75, 3.05) is 5.32 Å². The number of nitrogens with one attached hydrogen (secondary N) is 1. The van der Waals surface area contributed by atoms with Gasteiger partial charge in [0.05, 0.1) is 21.4 Å². The molecule has 0 aliphatic carbocycles. The standard InChI is InChI=1S/C16H13BrN2O3S/c1-19-11-5-3-2-4-10(11)14(15(19)16(21)22)18-13(20)7-9-6-12(17)23-8-9/h2-6,8H,7H2,1H3,(H,18,20)(H,21,22). The fourth-order valence-corrected chi connectivity index (χ4v) is 3.79. The molecule has 0 aliphatic heterocycles. The van der Waals surface area contributed by atoms with E-state index in [9.17, 15) is 14.7 Å². The van der Waals surface area contributed by atoms with E-state index < -0.39 is 5.97 Å². The molecule has 3 aromatic rings. The molecule has 0 atom stereocenters. The van der Waals surface area contributed by atoms with Crippen LogP contribution in [0.1, 0.15) is 16.1 Å². The summed E-state index contributed by atoms with van der Waals surface area (Å²) in [6.45, 7) is 0. The summed E-state index contributed by atoms with van der Waals surface area (Å²) in [5, 5.41) is 14.8. The molecule has 0 aliphatic rings. The number of carbonyl (C=O) groups is 2. The molecular formula is C16H13BrN2O3S. The number of para-hydroxylation sites is 1. The van der Waals surface area contributed by atoms with E-state index in [1.807, 2.05) is 29.6 Å². The molecule has 5 nitrogen and oxygen atoms in total. The van der Waals surface area contributed by atoms with Crippen molar-refractivity contribution < 1.29 is 14.7 Å². The number of anilines is 1. The largest absolute Gasteiger partial charge is 0.477 e. The summed E-state index contributed by atoms with van der Waals surface area (Å²) in [4.78, 5) is 23.9. The van der Waals surface area contributed by atoms with Crippen molar-refractivity contribution in [3.05, 3.63) is 50.8 Å². The van der Waals surface area contributed by atoms with Crippen LogP contribution in [-0.2, 0) is 18.3 Å². The van der Waals surface area contributed by atoms with Gasteiger partial charge in [-0.15, -0.1) is 11.3 Å². The maximum atomic E-state index is 12.3. The lowest BCUT2D eigenvalue weighted by molar-refractivity contribution is -0.115. The summed E-state index contributed by atoms with van der Waals surface area (Å²) in [5.74, 6) is -1.31. The van der Waals surface area contributed by atoms with Crippen LogP contribution in [0.15, 0.2) is 39.5 Å². The lowest BCUT2D eigenvalue weighted by Gasteiger charge is -2.05. The predicted octanol–water partition coefficient (Wildman–Crippen LogP) is 3.88. The van der Waals surface area contributed by atoms with E-state index in [2.05, 4.69) is 21.2 Å². The number of amides is 1. The molecule has 2 heterocycles. The number of aryl methyl sites for hydroxylation is 1. The number of hydrogen-bond acceptors (Lipinski definition) is 3. The van der Waals surface area contributed by atoms with Gasteiger partial charge in [0.15, 0.2) is 5.69 Å². The molecule has 7 heteroatoms. The van der Waals surface area contributed by atoms with Gasteiger partial charge in [-0.25, -0.2) is 4.79 Å². The van der Waals surface area contributed by atoms with Gasteiger partial charge in [-0.2, -0.15) is 0 Å². The zero-order chi connectivity index (χ0) is 16.6. The molecule has 118 valence electrons. The summed E-state index contributed by atoms with van der Waals surface area (Å²) in [6.07, 6.45) is 0.199. The van der Waals surface area contributed by atoms with Gasteiger partial charge < -0.3 is 15.0 Å². The van der Waals surface area contributed by atoms with E-state index in [-0.39, 0.29) is 18.0 Å². The van der Waals surface area contributed by atoms with Crippen LogP contribution >= 0.6 is 27.3 Å². The number of nitrogens with zero attached hydrogens (tertiary/aromatic N) is 1. The van der Waals surface area contributed by atoms with Crippen molar-refractivity contribution in [1.29, 1.82) is 0 Å². The lowest BCUT2D eigenvalue weighted by Crippen LogP contribution is -2.17. The number of rotatable bonds is 4. The topological polar surface area (TPSA) is 71.3 Å². The van der Waals surface area contributed by atoms with Gasteiger partial charge in [-0.1, -0.05) is 18.2 Å². The zero-order valence-corrected chi connectivity index (χ0v) is 14.6. The number of thiophene rings is 1. The summed E-state index contributed by atoms with van der Waals surface area (Å²) in [7, 11) is 1.68. The van der Waals surface area contributed by atoms with Crippen molar-refractivity contribution in [2.24, 2.45) is 7.05 Å². The van der Waals surface area contributed by atoms with Gasteiger partial charge >= 0.3 is 5.97 Å². The van der Waals surface area contributed by atoms with Crippen LogP contribution in [0.2, 0.25) is 0 Å². The maximum absolute atomic E-state index is 12.3. The van der Waals surface area contributed by atoms with Gasteiger partial charge in [0, 0.05) is 12.4 Å². The first-order valence-corrected chi connectivity index (χ1v) is 8.48. The van der Waals surface area contributed by atoms with Crippen LogP contribution in [0, 0.1) is 0 Å². The quantitative estimate of drug-likeness (QED) is 0.707. The fourth-order valence-electron chi connectivity index (χ4n) is 2.58. The molecule has 1 aromatic carbocycles. The van der Waals surface area contributed by atoms with Gasteiger partial charge in [0.1, 0.15) is 0 Å². The minimum absolute atomic E-state index is 0.0750. The molecule has 0 saturated heterocycles. The van der Waals surface area contributed by atoms with Crippen molar-refractivity contribution >= 4 is 55.7 Å². The van der Waals surface area contributed by atoms with Crippen molar-refractivity contribution in [3.63, 3.8) is 0 Å². The normalized spacial score (nSPS) is 10.9. The maximum Gasteiger partial charge on any atom is 0.354 e. The van der Waals surface area contributed by atoms with Crippen molar-refractivity contribution in [1.82, 2.24) is 4.57 Å². The third kappa shape index (κ3) is 3.02. The smallest absolute Gasteiger partial charge is 0.354 e. The Morgan fingerprint density at radius 2 is 2.09 bits per heavy atom. The van der Waals surface area contributed by atoms with Crippen LogP contribution in [0.4, 0.5) is 5.69 Å². The highest BCUT2D eigenvalue weighted by molar-refractivity contribution is 9.11.